The maximum Gasteiger partial charge on any atom is 0.262 e. The van der Waals surface area contributed by atoms with Crippen LogP contribution in [0.15, 0.2) is 42.5 Å². The number of nitrogens with zero attached hydrogens (tertiary/aromatic N) is 1. The molecule has 0 spiro atoms. The third-order valence-corrected chi connectivity index (χ3v) is 5.34. The van der Waals surface area contributed by atoms with Crippen LogP contribution in [0.2, 0.25) is 0 Å². The number of amides is 3. The highest BCUT2D eigenvalue weighted by atomic mass is 32.2. The second-order valence-corrected chi connectivity index (χ2v) is 7.36. The molecule has 152 valence electrons. The van der Waals surface area contributed by atoms with E-state index in [1.807, 2.05) is 6.26 Å². The first-order valence-electron chi connectivity index (χ1n) is 9.00. The molecule has 1 aliphatic rings. The van der Waals surface area contributed by atoms with Gasteiger partial charge in [0.05, 0.1) is 31.0 Å². The standard InChI is InChI=1S/C21H22N2O5S/c1-27-13-8-9-18(28-2)16(12-13)22-19(24)17(10-11-29-3)23-20(25)14-6-4-5-7-15(14)21(23)26/h4-9,12,17H,10-11H2,1-3H3,(H,22,24)/t17-/m0/s1. The molecular weight excluding hydrogens is 392 g/mol. The molecule has 0 fully saturated rings. The summed E-state index contributed by atoms with van der Waals surface area (Å²) >= 11 is 1.54. The number of hydrogen-bond acceptors (Lipinski definition) is 6. The van der Waals surface area contributed by atoms with Crippen molar-refractivity contribution in [2.24, 2.45) is 0 Å². The van der Waals surface area contributed by atoms with Crippen LogP contribution in [-0.2, 0) is 4.79 Å². The maximum atomic E-state index is 13.2. The minimum atomic E-state index is -0.939. The summed E-state index contributed by atoms with van der Waals surface area (Å²) in [6, 6.07) is 10.7. The molecule has 29 heavy (non-hydrogen) atoms. The number of ether oxygens (including phenoxy) is 2. The van der Waals surface area contributed by atoms with E-state index in [9.17, 15) is 14.4 Å². The average Bonchev–Trinajstić information content (AvgIpc) is 2.99. The summed E-state index contributed by atoms with van der Waals surface area (Å²) in [5.41, 5.74) is 1.04. The van der Waals surface area contributed by atoms with Gasteiger partial charge in [0.2, 0.25) is 5.91 Å². The van der Waals surface area contributed by atoms with E-state index in [1.165, 1.54) is 26.0 Å². The lowest BCUT2D eigenvalue weighted by Crippen LogP contribution is -2.47. The van der Waals surface area contributed by atoms with Gasteiger partial charge in [-0.15, -0.1) is 0 Å². The first-order valence-corrected chi connectivity index (χ1v) is 10.4. The van der Waals surface area contributed by atoms with E-state index >= 15 is 0 Å². The molecule has 0 saturated carbocycles. The first kappa shape index (κ1) is 20.7. The minimum absolute atomic E-state index is 0.318. The highest BCUT2D eigenvalue weighted by molar-refractivity contribution is 7.98. The van der Waals surface area contributed by atoms with Crippen molar-refractivity contribution in [3.05, 3.63) is 53.6 Å². The van der Waals surface area contributed by atoms with Crippen LogP contribution in [0.25, 0.3) is 0 Å². The highest BCUT2D eigenvalue weighted by Gasteiger charge is 2.42. The second kappa shape index (κ2) is 9.00. The lowest BCUT2D eigenvalue weighted by atomic mass is 10.1. The smallest absolute Gasteiger partial charge is 0.262 e. The first-order chi connectivity index (χ1) is 14.0. The van der Waals surface area contributed by atoms with Crippen LogP contribution in [0.3, 0.4) is 0 Å². The fourth-order valence-electron chi connectivity index (χ4n) is 3.23. The normalized spacial score (nSPS) is 13.8. The number of benzene rings is 2. The second-order valence-electron chi connectivity index (χ2n) is 6.38. The van der Waals surface area contributed by atoms with Crippen molar-refractivity contribution in [2.45, 2.75) is 12.5 Å². The third-order valence-electron chi connectivity index (χ3n) is 4.70. The molecule has 1 aliphatic heterocycles. The van der Waals surface area contributed by atoms with E-state index in [1.54, 1.807) is 42.5 Å². The van der Waals surface area contributed by atoms with Gasteiger partial charge in [0.1, 0.15) is 17.5 Å². The van der Waals surface area contributed by atoms with E-state index in [0.29, 0.717) is 40.5 Å². The predicted molar refractivity (Wildman–Crippen MR) is 112 cm³/mol. The number of nitrogens with one attached hydrogen (secondary N) is 1. The Bertz CT molecular complexity index is 911. The van der Waals surface area contributed by atoms with E-state index in [0.717, 1.165) is 4.90 Å². The van der Waals surface area contributed by atoms with Crippen molar-refractivity contribution in [2.75, 3.05) is 31.5 Å². The number of hydrogen-bond donors (Lipinski definition) is 1. The van der Waals surface area contributed by atoms with E-state index in [-0.39, 0.29) is 0 Å². The van der Waals surface area contributed by atoms with Crippen LogP contribution in [0, 0.1) is 0 Å². The number of methoxy groups -OCH3 is 2. The molecule has 0 aliphatic carbocycles. The minimum Gasteiger partial charge on any atom is -0.497 e. The molecule has 8 heteroatoms. The number of rotatable bonds is 8. The molecule has 0 saturated heterocycles. The SMILES string of the molecule is COc1ccc(OC)c(NC(=O)[C@H](CCSC)N2C(=O)c3ccccc3C2=O)c1. The Balaban J connectivity index is 1.91. The fourth-order valence-corrected chi connectivity index (χ4v) is 3.68. The molecule has 1 N–H and O–H groups in total. The summed E-state index contributed by atoms with van der Waals surface area (Å²) in [4.78, 5) is 39.9. The Morgan fingerprint density at radius 3 is 2.28 bits per heavy atom. The van der Waals surface area contributed by atoms with E-state index in [2.05, 4.69) is 5.32 Å². The predicted octanol–water partition coefficient (Wildman–Crippen LogP) is 3.06. The summed E-state index contributed by atoms with van der Waals surface area (Å²) in [6.07, 6.45) is 2.24. The van der Waals surface area contributed by atoms with Gasteiger partial charge < -0.3 is 14.8 Å². The monoisotopic (exact) mass is 414 g/mol. The van der Waals surface area contributed by atoms with Crippen LogP contribution in [0.4, 0.5) is 5.69 Å². The quantitative estimate of drug-likeness (QED) is 0.669. The van der Waals surface area contributed by atoms with Crippen molar-refractivity contribution in [3.8, 4) is 11.5 Å². The number of carbonyl (C=O) groups excluding carboxylic acids is 3. The summed E-state index contributed by atoms with van der Waals surface area (Å²) in [7, 11) is 3.01. The molecule has 2 aromatic rings. The Labute approximate surface area is 173 Å². The summed E-state index contributed by atoms with van der Waals surface area (Å²) in [5, 5.41) is 2.79. The van der Waals surface area contributed by atoms with Gasteiger partial charge in [-0.1, -0.05) is 12.1 Å². The molecule has 3 amide bonds. The molecule has 0 bridgehead atoms. The number of thioether (sulfide) groups is 1. The van der Waals surface area contributed by atoms with Gasteiger partial charge in [0.15, 0.2) is 0 Å². The van der Waals surface area contributed by atoms with Crippen LogP contribution in [0.1, 0.15) is 27.1 Å². The number of imide groups is 1. The molecule has 0 unspecified atom stereocenters. The van der Waals surface area contributed by atoms with Gasteiger partial charge in [0, 0.05) is 6.07 Å². The molecule has 7 nitrogen and oxygen atoms in total. The lowest BCUT2D eigenvalue weighted by Gasteiger charge is -2.25. The van der Waals surface area contributed by atoms with E-state index < -0.39 is 23.8 Å². The largest absolute Gasteiger partial charge is 0.497 e. The highest BCUT2D eigenvalue weighted by Crippen LogP contribution is 2.31. The summed E-state index contributed by atoms with van der Waals surface area (Å²) in [5.74, 6) is 0.238. The maximum absolute atomic E-state index is 13.2. The Morgan fingerprint density at radius 1 is 1.07 bits per heavy atom. The zero-order chi connectivity index (χ0) is 21.0. The van der Waals surface area contributed by atoms with E-state index in [4.69, 9.17) is 9.47 Å². The van der Waals surface area contributed by atoms with Crippen molar-refractivity contribution in [1.82, 2.24) is 4.90 Å². The number of fused-ring (bicyclic) bond motifs is 1. The van der Waals surface area contributed by atoms with Gasteiger partial charge in [0.25, 0.3) is 11.8 Å². The summed E-state index contributed by atoms with van der Waals surface area (Å²) in [6.45, 7) is 0. The third kappa shape index (κ3) is 4.07. The van der Waals surface area contributed by atoms with Gasteiger partial charge in [-0.25, -0.2) is 0 Å². The van der Waals surface area contributed by atoms with Crippen LogP contribution in [-0.4, -0.2) is 54.9 Å². The molecule has 2 aromatic carbocycles. The molecular formula is C21H22N2O5S. The molecule has 3 rings (SSSR count). The van der Waals surface area contributed by atoms with Crippen LogP contribution in [0.5, 0.6) is 11.5 Å². The zero-order valence-corrected chi connectivity index (χ0v) is 17.2. The Morgan fingerprint density at radius 2 is 1.72 bits per heavy atom. The lowest BCUT2D eigenvalue weighted by molar-refractivity contribution is -0.120. The Hall–Kier alpha value is -3.00. The number of carbonyl (C=O) groups is 3. The topological polar surface area (TPSA) is 84.9 Å². The van der Waals surface area contributed by atoms with Crippen molar-refractivity contribution in [1.29, 1.82) is 0 Å². The van der Waals surface area contributed by atoms with Crippen molar-refractivity contribution >= 4 is 35.2 Å². The summed E-state index contributed by atoms with van der Waals surface area (Å²) < 4.78 is 10.5. The van der Waals surface area contributed by atoms with Gasteiger partial charge >= 0.3 is 0 Å². The van der Waals surface area contributed by atoms with Crippen LogP contribution >= 0.6 is 11.8 Å². The van der Waals surface area contributed by atoms with Gasteiger partial charge in [-0.2, -0.15) is 11.8 Å². The van der Waals surface area contributed by atoms with Gasteiger partial charge in [-0.05, 0) is 42.7 Å². The zero-order valence-electron chi connectivity index (χ0n) is 16.4. The molecule has 1 atom stereocenters. The molecule has 0 radical (unpaired) electrons. The molecule has 1 heterocycles. The van der Waals surface area contributed by atoms with Gasteiger partial charge in [-0.3, -0.25) is 19.3 Å². The molecule has 0 aromatic heterocycles. The average molecular weight is 414 g/mol. The van der Waals surface area contributed by atoms with Crippen molar-refractivity contribution in [3.63, 3.8) is 0 Å². The Kier molecular flexibility index (Phi) is 6.43. The van der Waals surface area contributed by atoms with Crippen LogP contribution < -0.4 is 14.8 Å². The van der Waals surface area contributed by atoms with Crippen molar-refractivity contribution < 1.29 is 23.9 Å². The fraction of sp³-hybridized carbons (Fsp3) is 0.286. The number of anilines is 1.